The summed E-state index contributed by atoms with van der Waals surface area (Å²) in [6.45, 7) is 5.41. The van der Waals surface area contributed by atoms with Crippen LogP contribution in [0.25, 0.3) is 0 Å². The maximum atomic E-state index is 12.6. The third kappa shape index (κ3) is 3.58. The summed E-state index contributed by atoms with van der Waals surface area (Å²) in [7, 11) is 3.62. The molecule has 10 heteroatoms. The second kappa shape index (κ2) is 7.61. The van der Waals surface area contributed by atoms with Gasteiger partial charge in [-0.05, 0) is 19.3 Å². The summed E-state index contributed by atoms with van der Waals surface area (Å²) >= 11 is 0. The quantitative estimate of drug-likeness (QED) is 0.581. The van der Waals surface area contributed by atoms with E-state index in [1.54, 1.807) is 22.8 Å². The molecule has 1 unspecified atom stereocenters. The molecule has 10 nitrogen and oxygen atoms in total. The number of guanidine groups is 1. The van der Waals surface area contributed by atoms with E-state index in [1.807, 2.05) is 25.1 Å². The van der Waals surface area contributed by atoms with E-state index >= 15 is 0 Å². The fourth-order valence-corrected chi connectivity index (χ4v) is 3.94. The van der Waals surface area contributed by atoms with Crippen LogP contribution in [0.2, 0.25) is 0 Å². The number of hydrogen-bond donors (Lipinski definition) is 1. The number of hydrogen-bond acceptors (Lipinski definition) is 5. The van der Waals surface area contributed by atoms with Crippen molar-refractivity contribution in [1.82, 2.24) is 34.8 Å². The molecule has 0 radical (unpaired) electrons. The summed E-state index contributed by atoms with van der Waals surface area (Å²) in [6.07, 6.45) is 5.62. The number of aliphatic imine (C=N–C) groups is 1. The monoisotopic (exact) mass is 385 g/mol. The van der Waals surface area contributed by atoms with E-state index in [0.717, 1.165) is 55.8 Å². The van der Waals surface area contributed by atoms with Crippen LogP contribution in [0.1, 0.15) is 18.1 Å². The molecule has 150 valence electrons. The fourth-order valence-electron chi connectivity index (χ4n) is 3.94. The van der Waals surface area contributed by atoms with Gasteiger partial charge in [0.15, 0.2) is 5.96 Å². The van der Waals surface area contributed by atoms with Crippen LogP contribution >= 0.6 is 0 Å². The number of rotatable bonds is 3. The maximum absolute atomic E-state index is 12.6. The summed E-state index contributed by atoms with van der Waals surface area (Å²) in [6, 6.07) is 0. The zero-order chi connectivity index (χ0) is 19.7. The first-order chi connectivity index (χ1) is 13.5. The number of carbonyl (C=O) groups excluding carboxylic acids is 1. The van der Waals surface area contributed by atoms with Crippen LogP contribution in [-0.2, 0) is 24.8 Å². The Morgan fingerprint density at radius 1 is 1.36 bits per heavy atom. The Kier molecular flexibility index (Phi) is 5.01. The molecule has 1 saturated heterocycles. The third-order valence-corrected chi connectivity index (χ3v) is 5.51. The third-order valence-electron chi connectivity index (χ3n) is 5.51. The van der Waals surface area contributed by atoms with E-state index in [-0.39, 0.29) is 5.91 Å². The molecule has 0 spiro atoms. The number of carbonyl (C=O) groups is 1. The van der Waals surface area contributed by atoms with Gasteiger partial charge >= 0.3 is 0 Å². The van der Waals surface area contributed by atoms with E-state index in [1.165, 1.54) is 0 Å². The molecular formula is C18H27N9O. The van der Waals surface area contributed by atoms with Gasteiger partial charge in [0.25, 0.3) is 0 Å². The predicted molar refractivity (Wildman–Crippen MR) is 105 cm³/mol. The lowest BCUT2D eigenvalue weighted by atomic mass is 9.99. The molecule has 1 atom stereocenters. The molecule has 2 aromatic rings. The lowest BCUT2D eigenvalue weighted by Gasteiger charge is -2.36. The highest BCUT2D eigenvalue weighted by Crippen LogP contribution is 2.20. The van der Waals surface area contributed by atoms with Crippen LogP contribution in [0, 0.1) is 12.8 Å². The largest absolute Gasteiger partial charge is 0.356 e. The standard InChI is InChI=1S/C18H27N9O/c1-13-22-23-16-5-4-14(10-27(13)16)8-20-18(19-2)25-6-7-26(17(28)12-25)15-9-21-24(3)11-15/h9,11,14H,4-8,10,12H2,1-3H3,(H,19,20). The van der Waals surface area contributed by atoms with Gasteiger partial charge in [-0.15, -0.1) is 10.2 Å². The number of anilines is 1. The van der Waals surface area contributed by atoms with Crippen molar-refractivity contribution in [3.63, 3.8) is 0 Å². The van der Waals surface area contributed by atoms with Crippen LogP contribution in [0.5, 0.6) is 0 Å². The minimum absolute atomic E-state index is 0.0598. The topological polar surface area (TPSA) is 96.5 Å². The van der Waals surface area contributed by atoms with E-state index in [0.29, 0.717) is 19.0 Å². The van der Waals surface area contributed by atoms with Crippen LogP contribution in [0.15, 0.2) is 17.4 Å². The zero-order valence-electron chi connectivity index (χ0n) is 16.7. The Morgan fingerprint density at radius 3 is 2.93 bits per heavy atom. The van der Waals surface area contributed by atoms with Crippen molar-refractivity contribution >= 4 is 17.6 Å². The molecule has 2 aliphatic rings. The highest BCUT2D eigenvalue weighted by atomic mass is 16.2. The summed E-state index contributed by atoms with van der Waals surface area (Å²) in [5, 5.41) is 16.0. The molecule has 1 fully saturated rings. The summed E-state index contributed by atoms with van der Waals surface area (Å²) < 4.78 is 3.91. The van der Waals surface area contributed by atoms with Crippen LogP contribution < -0.4 is 10.2 Å². The van der Waals surface area contributed by atoms with Crippen molar-refractivity contribution in [3.8, 4) is 0 Å². The Balaban J connectivity index is 1.33. The van der Waals surface area contributed by atoms with Gasteiger partial charge in [-0.3, -0.25) is 14.5 Å². The molecule has 0 bridgehead atoms. The minimum Gasteiger partial charge on any atom is -0.356 e. The first kappa shape index (κ1) is 18.5. The second-order valence-electron chi connectivity index (χ2n) is 7.45. The van der Waals surface area contributed by atoms with E-state index in [9.17, 15) is 4.79 Å². The van der Waals surface area contributed by atoms with Crippen molar-refractivity contribution in [1.29, 1.82) is 0 Å². The van der Waals surface area contributed by atoms with Crippen molar-refractivity contribution < 1.29 is 4.79 Å². The molecule has 1 N–H and O–H groups in total. The lowest BCUT2D eigenvalue weighted by Crippen LogP contribution is -2.56. The van der Waals surface area contributed by atoms with Gasteiger partial charge in [-0.2, -0.15) is 5.10 Å². The Hall–Kier alpha value is -2.91. The molecular weight excluding hydrogens is 358 g/mol. The molecule has 4 heterocycles. The number of nitrogens with one attached hydrogen (secondary N) is 1. The normalized spacial score (nSPS) is 20.5. The van der Waals surface area contributed by atoms with E-state index in [4.69, 9.17) is 0 Å². The molecule has 0 aromatic carbocycles. The molecule has 0 saturated carbocycles. The Labute approximate surface area is 164 Å². The van der Waals surface area contributed by atoms with Gasteiger partial charge in [0, 0.05) is 52.9 Å². The van der Waals surface area contributed by atoms with Gasteiger partial charge in [0.1, 0.15) is 18.2 Å². The van der Waals surface area contributed by atoms with Crippen LogP contribution in [-0.4, -0.2) is 74.5 Å². The second-order valence-corrected chi connectivity index (χ2v) is 7.45. The van der Waals surface area contributed by atoms with Gasteiger partial charge < -0.3 is 19.7 Å². The van der Waals surface area contributed by atoms with Gasteiger partial charge in [-0.25, -0.2) is 0 Å². The number of piperazine rings is 1. The average Bonchev–Trinajstić information content (AvgIpc) is 3.28. The van der Waals surface area contributed by atoms with E-state index < -0.39 is 0 Å². The summed E-state index contributed by atoms with van der Waals surface area (Å²) in [5.41, 5.74) is 0.845. The van der Waals surface area contributed by atoms with Crippen molar-refractivity contribution in [2.24, 2.45) is 18.0 Å². The first-order valence-corrected chi connectivity index (χ1v) is 9.68. The highest BCUT2D eigenvalue weighted by Gasteiger charge is 2.28. The zero-order valence-corrected chi connectivity index (χ0v) is 16.7. The van der Waals surface area contributed by atoms with E-state index in [2.05, 4.69) is 30.2 Å². The number of aryl methyl sites for hydroxylation is 3. The minimum atomic E-state index is 0.0598. The Morgan fingerprint density at radius 2 is 2.21 bits per heavy atom. The van der Waals surface area contributed by atoms with Gasteiger partial charge in [-0.1, -0.05) is 0 Å². The Bertz CT molecular complexity index is 884. The molecule has 1 amide bonds. The smallest absolute Gasteiger partial charge is 0.246 e. The molecule has 4 rings (SSSR count). The van der Waals surface area contributed by atoms with Crippen LogP contribution in [0.3, 0.4) is 0 Å². The highest BCUT2D eigenvalue weighted by molar-refractivity contribution is 5.98. The van der Waals surface area contributed by atoms with Gasteiger partial charge in [0.05, 0.1) is 11.9 Å². The average molecular weight is 385 g/mol. The number of amides is 1. The number of nitrogens with zero attached hydrogens (tertiary/aromatic N) is 8. The van der Waals surface area contributed by atoms with Crippen molar-refractivity contribution in [2.45, 2.75) is 26.3 Å². The number of fused-ring (bicyclic) bond motifs is 1. The van der Waals surface area contributed by atoms with Crippen LogP contribution in [0.4, 0.5) is 5.69 Å². The number of aromatic nitrogens is 5. The maximum Gasteiger partial charge on any atom is 0.246 e. The molecule has 2 aliphatic heterocycles. The fraction of sp³-hybridized carbons (Fsp3) is 0.611. The first-order valence-electron chi connectivity index (χ1n) is 9.68. The van der Waals surface area contributed by atoms with Crippen molar-refractivity contribution in [2.75, 3.05) is 38.1 Å². The predicted octanol–water partition coefficient (Wildman–Crippen LogP) is -0.193. The lowest BCUT2D eigenvalue weighted by molar-refractivity contribution is -0.120. The molecule has 0 aliphatic carbocycles. The van der Waals surface area contributed by atoms with Crippen molar-refractivity contribution in [3.05, 3.63) is 24.0 Å². The summed E-state index contributed by atoms with van der Waals surface area (Å²) in [5.74, 6) is 3.39. The molecule has 2 aromatic heterocycles. The SMILES string of the molecule is CN=C(NCC1CCc2nnc(C)n2C1)N1CCN(c2cnn(C)c2)C(=O)C1. The van der Waals surface area contributed by atoms with Gasteiger partial charge in [0.2, 0.25) is 5.91 Å². The molecule has 28 heavy (non-hydrogen) atoms. The summed E-state index contributed by atoms with van der Waals surface area (Å²) in [4.78, 5) is 20.8.